The second-order valence-corrected chi connectivity index (χ2v) is 7.33. The summed E-state index contributed by atoms with van der Waals surface area (Å²) in [5.41, 5.74) is 0. The molecule has 1 aliphatic heterocycles. The molecule has 12 heteroatoms. The van der Waals surface area contributed by atoms with Gasteiger partial charge in [-0.3, -0.25) is 0 Å². The van der Waals surface area contributed by atoms with Crippen LogP contribution in [-0.2, 0) is 14.3 Å². The fraction of sp³-hybridized carbons (Fsp3) is 1.00. The summed E-state index contributed by atoms with van der Waals surface area (Å²) < 4.78 is 90.7. The summed E-state index contributed by atoms with van der Waals surface area (Å²) in [6.45, 7) is 0. The fourth-order valence-corrected chi connectivity index (χ4v) is 3.40. The Labute approximate surface area is 120 Å². The van der Waals surface area contributed by atoms with Crippen molar-refractivity contribution < 1.29 is 34.6 Å². The van der Waals surface area contributed by atoms with E-state index in [4.69, 9.17) is 34.8 Å². The van der Waals surface area contributed by atoms with Gasteiger partial charge in [-0.15, -0.1) is 11.6 Å². The second kappa shape index (κ2) is 4.72. The first-order valence-corrected chi connectivity index (χ1v) is 7.21. The van der Waals surface area contributed by atoms with E-state index >= 15 is 0 Å². The van der Waals surface area contributed by atoms with Crippen LogP contribution in [0, 0.1) is 0 Å². The Bertz CT molecular complexity index is 469. The van der Waals surface area contributed by atoms with Crippen molar-refractivity contribution in [3.63, 3.8) is 0 Å². The Morgan fingerprint density at radius 2 is 1.58 bits per heavy atom. The molecule has 0 amide bonds. The molecule has 0 aromatic carbocycles. The van der Waals surface area contributed by atoms with Gasteiger partial charge in [-0.1, -0.05) is 23.2 Å². The highest BCUT2D eigenvalue weighted by molar-refractivity contribution is 7.89. The van der Waals surface area contributed by atoms with Crippen molar-refractivity contribution in [1.82, 2.24) is 0 Å². The monoisotopic (exact) mass is 370 g/mol. The van der Waals surface area contributed by atoms with E-state index in [1.807, 2.05) is 0 Å². The van der Waals surface area contributed by atoms with E-state index in [1.54, 1.807) is 0 Å². The van der Waals surface area contributed by atoms with Gasteiger partial charge in [-0.25, -0.2) is 13.2 Å². The van der Waals surface area contributed by atoms with Crippen LogP contribution in [0.25, 0.3) is 0 Å². The van der Waals surface area contributed by atoms with Gasteiger partial charge >= 0.3 is 21.2 Å². The molecule has 0 aromatic rings. The first-order chi connectivity index (χ1) is 8.18. The van der Waals surface area contributed by atoms with Gasteiger partial charge in [0.25, 0.3) is 0 Å². The molecule has 0 saturated carbocycles. The zero-order valence-corrected chi connectivity index (χ0v) is 11.9. The van der Waals surface area contributed by atoms with Crippen LogP contribution in [0.5, 0.6) is 0 Å². The zero-order valence-electron chi connectivity index (χ0n) is 8.78. The number of rotatable bonds is 5. The molecular formula is C7H6Cl3F5O3S. The topological polar surface area (TPSA) is 43.4 Å². The van der Waals surface area contributed by atoms with Gasteiger partial charge in [-0.2, -0.15) is 21.4 Å². The summed E-state index contributed by atoms with van der Waals surface area (Å²) in [6.07, 6.45) is -8.35. The number of alkyl halides is 8. The Kier molecular flexibility index (Phi) is 4.35. The summed E-state index contributed by atoms with van der Waals surface area (Å²) in [6, 6.07) is 0. The maximum absolute atomic E-state index is 13.7. The molecule has 1 heterocycles. The van der Waals surface area contributed by atoms with Crippen molar-refractivity contribution in [2.45, 2.75) is 34.2 Å². The molecular weight excluding hydrogens is 365 g/mol. The standard InChI is InChI=1S/C7H6Cl3F5O3S/c8-3-5(10,12)1-4(9,11)2-6(13)7(14,15)18-19(6,16)17/h1-3H2. The maximum Gasteiger partial charge on any atom is 0.420 e. The van der Waals surface area contributed by atoms with Crippen molar-refractivity contribution >= 4 is 44.9 Å². The molecule has 0 spiro atoms. The lowest BCUT2D eigenvalue weighted by Gasteiger charge is -2.42. The smallest absolute Gasteiger partial charge is 0.226 e. The van der Waals surface area contributed by atoms with E-state index in [2.05, 4.69) is 4.18 Å². The quantitative estimate of drug-likeness (QED) is 0.422. The largest absolute Gasteiger partial charge is 0.420 e. The van der Waals surface area contributed by atoms with Gasteiger partial charge < -0.3 is 0 Å². The van der Waals surface area contributed by atoms with Crippen LogP contribution in [0.15, 0.2) is 0 Å². The van der Waals surface area contributed by atoms with Crippen LogP contribution in [0.3, 0.4) is 0 Å². The average Bonchev–Trinajstić information content (AvgIpc) is 2.12. The lowest BCUT2D eigenvalue weighted by Crippen LogP contribution is -2.66. The number of hydrogen-bond acceptors (Lipinski definition) is 3. The third kappa shape index (κ3) is 3.20. The highest BCUT2D eigenvalue weighted by Crippen LogP contribution is 2.56. The lowest BCUT2D eigenvalue weighted by atomic mass is 10.1. The summed E-state index contributed by atoms with van der Waals surface area (Å²) in [5, 5.41) is -10.8. The Morgan fingerprint density at radius 3 is 1.89 bits per heavy atom. The molecule has 19 heavy (non-hydrogen) atoms. The molecule has 3 nitrogen and oxygen atoms in total. The highest BCUT2D eigenvalue weighted by Gasteiger charge is 2.80. The van der Waals surface area contributed by atoms with Crippen LogP contribution < -0.4 is 0 Å². The Hall–Kier alpha value is 0.430. The van der Waals surface area contributed by atoms with E-state index in [1.165, 1.54) is 0 Å². The van der Waals surface area contributed by atoms with Gasteiger partial charge in [0.1, 0.15) is 0 Å². The minimum atomic E-state index is -5.36. The summed E-state index contributed by atoms with van der Waals surface area (Å²) >= 11 is 15.0. The SMILES string of the molecule is O=S1(=O)OC(F)(F)C1(F)CC(F)(Cl)CC(F)(Cl)CCl. The second-order valence-electron chi connectivity index (χ2n) is 3.98. The molecule has 3 atom stereocenters. The third-order valence-corrected chi connectivity index (χ3v) is 4.94. The molecule has 1 fully saturated rings. The van der Waals surface area contributed by atoms with Crippen molar-refractivity contribution in [1.29, 1.82) is 0 Å². The summed E-state index contributed by atoms with van der Waals surface area (Å²) in [4.78, 5) is 0. The van der Waals surface area contributed by atoms with Crippen LogP contribution in [-0.4, -0.2) is 35.7 Å². The summed E-state index contributed by atoms with van der Waals surface area (Å²) in [5.74, 6) is -0.966. The first kappa shape index (κ1) is 17.5. The van der Waals surface area contributed by atoms with E-state index < -0.39 is 50.2 Å². The van der Waals surface area contributed by atoms with Gasteiger partial charge in [0.15, 0.2) is 5.13 Å². The molecule has 114 valence electrons. The normalized spacial score (nSPS) is 34.9. The maximum atomic E-state index is 13.7. The van der Waals surface area contributed by atoms with Crippen molar-refractivity contribution in [3.8, 4) is 0 Å². The minimum Gasteiger partial charge on any atom is -0.226 e. The van der Waals surface area contributed by atoms with Crippen LogP contribution in [0.2, 0.25) is 0 Å². The van der Waals surface area contributed by atoms with Crippen molar-refractivity contribution in [3.05, 3.63) is 0 Å². The van der Waals surface area contributed by atoms with Gasteiger partial charge in [0.05, 0.1) is 12.3 Å². The molecule has 1 rings (SSSR count). The fourth-order valence-electron chi connectivity index (χ4n) is 1.39. The van der Waals surface area contributed by atoms with E-state index in [9.17, 15) is 30.4 Å². The molecule has 0 aliphatic carbocycles. The molecule has 0 aromatic heterocycles. The van der Waals surface area contributed by atoms with Gasteiger partial charge in [-0.05, 0) is 0 Å². The predicted molar refractivity (Wildman–Crippen MR) is 58.1 cm³/mol. The highest BCUT2D eigenvalue weighted by atomic mass is 35.5. The lowest BCUT2D eigenvalue weighted by molar-refractivity contribution is -0.281. The van der Waals surface area contributed by atoms with Gasteiger partial charge in [0, 0.05) is 6.42 Å². The van der Waals surface area contributed by atoms with Crippen LogP contribution in [0.1, 0.15) is 12.8 Å². The number of halogens is 8. The van der Waals surface area contributed by atoms with Crippen molar-refractivity contribution in [2.75, 3.05) is 5.88 Å². The van der Waals surface area contributed by atoms with E-state index in [-0.39, 0.29) is 0 Å². The minimum absolute atomic E-state index is 0.966. The molecule has 1 saturated heterocycles. The molecule has 0 bridgehead atoms. The summed E-state index contributed by atoms with van der Waals surface area (Å²) in [7, 11) is -5.36. The van der Waals surface area contributed by atoms with Crippen molar-refractivity contribution in [2.24, 2.45) is 0 Å². The average molecular weight is 372 g/mol. The molecule has 3 unspecified atom stereocenters. The van der Waals surface area contributed by atoms with Crippen LogP contribution in [0.4, 0.5) is 22.0 Å². The molecule has 0 radical (unpaired) electrons. The zero-order chi connectivity index (χ0) is 15.3. The first-order valence-electron chi connectivity index (χ1n) is 4.52. The Balaban J connectivity index is 2.95. The molecule has 0 N–H and O–H groups in total. The Morgan fingerprint density at radius 1 is 1.11 bits per heavy atom. The van der Waals surface area contributed by atoms with Crippen LogP contribution >= 0.6 is 34.8 Å². The predicted octanol–water partition coefficient (Wildman–Crippen LogP) is 3.43. The number of hydrogen-bond donors (Lipinski definition) is 0. The van der Waals surface area contributed by atoms with E-state index in [0.717, 1.165) is 0 Å². The third-order valence-electron chi connectivity index (χ3n) is 2.24. The molecule has 1 aliphatic rings. The van der Waals surface area contributed by atoms with E-state index in [0.29, 0.717) is 0 Å². The van der Waals surface area contributed by atoms with Gasteiger partial charge in [0.2, 0.25) is 5.13 Å².